The van der Waals surface area contributed by atoms with Crippen molar-refractivity contribution in [2.75, 3.05) is 5.88 Å². The second kappa shape index (κ2) is 5.20. The second-order valence-corrected chi connectivity index (χ2v) is 3.78. The second-order valence-electron chi connectivity index (χ2n) is 3.51. The van der Waals surface area contributed by atoms with Gasteiger partial charge in [-0.1, -0.05) is 5.92 Å². The molecule has 0 radical (unpaired) electrons. The number of ether oxygens (including phenoxy) is 1. The summed E-state index contributed by atoms with van der Waals surface area (Å²) in [5.74, 6) is 1.82. The largest absolute Gasteiger partial charge is 0.457 e. The van der Waals surface area contributed by atoms with Crippen LogP contribution in [0.3, 0.4) is 0 Å². The van der Waals surface area contributed by atoms with Gasteiger partial charge in [-0.15, -0.1) is 18.0 Å². The summed E-state index contributed by atoms with van der Waals surface area (Å²) in [6, 6.07) is 0. The fourth-order valence-electron chi connectivity index (χ4n) is 1.60. The molecule has 0 spiro atoms. The lowest BCUT2D eigenvalue weighted by Crippen LogP contribution is -2.30. The Hall–Kier alpha value is -0.980. The van der Waals surface area contributed by atoms with E-state index in [2.05, 4.69) is 5.92 Å². The van der Waals surface area contributed by atoms with Gasteiger partial charge < -0.3 is 9.84 Å². The van der Waals surface area contributed by atoms with Gasteiger partial charge in [0.05, 0.1) is 6.10 Å². The molecule has 0 aromatic rings. The van der Waals surface area contributed by atoms with Crippen molar-refractivity contribution in [2.24, 2.45) is 0 Å². The van der Waals surface area contributed by atoms with Crippen LogP contribution in [0.15, 0.2) is 11.1 Å². The normalized spacial score (nSPS) is 26.0. The smallest absolute Gasteiger partial charge is 0.321 e. The molecule has 0 aromatic heterocycles. The Morgan fingerprint density at radius 3 is 3.00 bits per heavy atom. The van der Waals surface area contributed by atoms with Crippen LogP contribution in [0.2, 0.25) is 0 Å². The zero-order chi connectivity index (χ0) is 11.4. The Balaban J connectivity index is 2.80. The molecule has 1 N–H and O–H groups in total. The Morgan fingerprint density at radius 1 is 1.80 bits per heavy atom. The topological polar surface area (TPSA) is 46.5 Å². The monoisotopic (exact) mass is 228 g/mol. The van der Waals surface area contributed by atoms with E-state index in [0.29, 0.717) is 18.4 Å². The molecule has 0 fully saturated rings. The van der Waals surface area contributed by atoms with Gasteiger partial charge in [-0.2, -0.15) is 0 Å². The molecule has 0 amide bonds. The summed E-state index contributed by atoms with van der Waals surface area (Å²) < 4.78 is 5.07. The molecule has 2 atom stereocenters. The van der Waals surface area contributed by atoms with E-state index >= 15 is 0 Å². The minimum absolute atomic E-state index is 0.189. The lowest BCUT2D eigenvalue weighted by atomic mass is 9.89. The Morgan fingerprint density at radius 2 is 2.47 bits per heavy atom. The molecule has 0 unspecified atom stereocenters. The summed E-state index contributed by atoms with van der Waals surface area (Å²) in [7, 11) is 0. The van der Waals surface area contributed by atoms with Crippen molar-refractivity contribution in [3.8, 4) is 12.3 Å². The molecule has 1 rings (SSSR count). The van der Waals surface area contributed by atoms with E-state index < -0.39 is 18.2 Å². The highest BCUT2D eigenvalue weighted by atomic mass is 35.5. The number of carbonyl (C=O) groups excluding carboxylic acids is 1. The molecule has 0 saturated carbocycles. The fourth-order valence-corrected chi connectivity index (χ4v) is 1.66. The van der Waals surface area contributed by atoms with Crippen LogP contribution in [0.4, 0.5) is 0 Å². The van der Waals surface area contributed by atoms with Gasteiger partial charge in [0.2, 0.25) is 0 Å². The standard InChI is InChI=1S/C11H13ClO3/c1-3-8-4-9(13)5-10(7(8)2)15-11(14)6-12/h1,9-10,13H,4-6H2,2H3/t9-,10+/m0/s1. The van der Waals surface area contributed by atoms with Crippen LogP contribution >= 0.6 is 11.6 Å². The quantitative estimate of drug-likeness (QED) is 0.440. The first-order chi connectivity index (χ1) is 7.08. The molecule has 82 valence electrons. The molecule has 0 saturated heterocycles. The number of aliphatic hydroxyl groups is 1. The average Bonchev–Trinajstić information content (AvgIpc) is 2.22. The molecule has 1 aliphatic carbocycles. The zero-order valence-electron chi connectivity index (χ0n) is 8.50. The molecule has 15 heavy (non-hydrogen) atoms. The summed E-state index contributed by atoms with van der Waals surface area (Å²) in [6.45, 7) is 1.81. The van der Waals surface area contributed by atoms with E-state index in [1.54, 1.807) is 0 Å². The third-order valence-electron chi connectivity index (χ3n) is 2.44. The van der Waals surface area contributed by atoms with Crippen molar-refractivity contribution in [3.05, 3.63) is 11.1 Å². The maximum atomic E-state index is 11.0. The van der Waals surface area contributed by atoms with Gasteiger partial charge in [0.25, 0.3) is 0 Å². The fraction of sp³-hybridized carbons (Fsp3) is 0.545. The summed E-state index contributed by atoms with van der Waals surface area (Å²) in [5, 5.41) is 9.53. The third-order valence-corrected chi connectivity index (χ3v) is 2.66. The zero-order valence-corrected chi connectivity index (χ0v) is 9.25. The van der Waals surface area contributed by atoms with E-state index in [9.17, 15) is 9.90 Å². The van der Waals surface area contributed by atoms with Gasteiger partial charge in [0.1, 0.15) is 12.0 Å². The highest BCUT2D eigenvalue weighted by Gasteiger charge is 2.27. The van der Waals surface area contributed by atoms with Crippen molar-refractivity contribution >= 4 is 17.6 Å². The highest BCUT2D eigenvalue weighted by Crippen LogP contribution is 2.27. The maximum Gasteiger partial charge on any atom is 0.321 e. The SMILES string of the molecule is C#CC1=C(C)[C@H](OC(=O)CCl)C[C@@H](O)C1. The van der Waals surface area contributed by atoms with Crippen LogP contribution in [-0.4, -0.2) is 29.2 Å². The summed E-state index contributed by atoms with van der Waals surface area (Å²) >= 11 is 5.33. The first kappa shape index (κ1) is 12.1. The van der Waals surface area contributed by atoms with Gasteiger partial charge in [0, 0.05) is 18.4 Å². The molecule has 0 aliphatic heterocycles. The molecule has 0 aromatic carbocycles. The van der Waals surface area contributed by atoms with Gasteiger partial charge in [-0.05, 0) is 12.5 Å². The summed E-state index contributed by atoms with van der Waals surface area (Å²) in [4.78, 5) is 11.0. The van der Waals surface area contributed by atoms with Crippen LogP contribution in [0.1, 0.15) is 19.8 Å². The molecule has 0 bridgehead atoms. The number of alkyl halides is 1. The van der Waals surface area contributed by atoms with E-state index in [-0.39, 0.29) is 5.88 Å². The highest BCUT2D eigenvalue weighted by molar-refractivity contribution is 6.26. The Labute approximate surface area is 94.1 Å². The number of halogens is 1. The minimum Gasteiger partial charge on any atom is -0.457 e. The number of terminal acetylenes is 1. The number of aliphatic hydroxyl groups excluding tert-OH is 1. The van der Waals surface area contributed by atoms with Gasteiger partial charge in [0.15, 0.2) is 0 Å². The van der Waals surface area contributed by atoms with E-state index in [4.69, 9.17) is 22.8 Å². The Bertz CT molecular complexity index is 327. The van der Waals surface area contributed by atoms with E-state index in [1.807, 2.05) is 6.92 Å². The van der Waals surface area contributed by atoms with Crippen LogP contribution in [0.5, 0.6) is 0 Å². The predicted octanol–water partition coefficient (Wildman–Crippen LogP) is 1.24. The molecule has 4 heteroatoms. The maximum absolute atomic E-state index is 11.0. The van der Waals surface area contributed by atoms with E-state index in [1.165, 1.54) is 0 Å². The Kier molecular flexibility index (Phi) is 4.19. The van der Waals surface area contributed by atoms with E-state index in [0.717, 1.165) is 5.57 Å². The van der Waals surface area contributed by atoms with Gasteiger partial charge in [-0.3, -0.25) is 4.79 Å². The number of hydrogen-bond donors (Lipinski definition) is 1. The molecular weight excluding hydrogens is 216 g/mol. The first-order valence-electron chi connectivity index (χ1n) is 4.68. The third kappa shape index (κ3) is 2.98. The number of hydrogen-bond acceptors (Lipinski definition) is 3. The summed E-state index contributed by atoms with van der Waals surface area (Å²) in [6.07, 6.45) is 5.15. The first-order valence-corrected chi connectivity index (χ1v) is 5.21. The lowest BCUT2D eigenvalue weighted by molar-refractivity contribution is -0.145. The molecule has 1 aliphatic rings. The molecule has 0 heterocycles. The number of rotatable bonds is 2. The lowest BCUT2D eigenvalue weighted by Gasteiger charge is -2.27. The number of esters is 1. The van der Waals surface area contributed by atoms with Gasteiger partial charge in [-0.25, -0.2) is 0 Å². The minimum atomic E-state index is -0.548. The molecule has 3 nitrogen and oxygen atoms in total. The van der Waals surface area contributed by atoms with Crippen LogP contribution in [-0.2, 0) is 9.53 Å². The van der Waals surface area contributed by atoms with Gasteiger partial charge >= 0.3 is 5.97 Å². The number of carbonyl (C=O) groups is 1. The van der Waals surface area contributed by atoms with Crippen LogP contribution < -0.4 is 0 Å². The van der Waals surface area contributed by atoms with Crippen molar-refractivity contribution in [2.45, 2.75) is 32.0 Å². The van der Waals surface area contributed by atoms with Crippen molar-refractivity contribution in [1.29, 1.82) is 0 Å². The van der Waals surface area contributed by atoms with Crippen molar-refractivity contribution < 1.29 is 14.6 Å². The van der Waals surface area contributed by atoms with Crippen LogP contribution in [0.25, 0.3) is 0 Å². The average molecular weight is 229 g/mol. The van der Waals surface area contributed by atoms with Crippen molar-refractivity contribution in [3.63, 3.8) is 0 Å². The van der Waals surface area contributed by atoms with Crippen LogP contribution in [0, 0.1) is 12.3 Å². The predicted molar refractivity (Wildman–Crippen MR) is 57.4 cm³/mol. The van der Waals surface area contributed by atoms with Crippen molar-refractivity contribution in [1.82, 2.24) is 0 Å². The summed E-state index contributed by atoms with van der Waals surface area (Å²) in [5.41, 5.74) is 1.54. The molecular formula is C11H13ClO3.